The van der Waals surface area contributed by atoms with Crippen molar-refractivity contribution in [2.75, 3.05) is 19.5 Å². The van der Waals surface area contributed by atoms with E-state index in [-0.39, 0.29) is 11.8 Å². The first-order valence-electron chi connectivity index (χ1n) is 10.2. The number of fused-ring (bicyclic) bond motifs is 1. The SMILES string of the molecule is COc1ccc(NC(CC(=O)c2ccc3ccccc3c2)c2ccc(OC)cc2)cc1. The molecule has 0 saturated carbocycles. The fraction of sp³-hybridized carbons (Fsp3) is 0.148. The highest BCUT2D eigenvalue weighted by molar-refractivity contribution is 6.00. The van der Waals surface area contributed by atoms with E-state index in [1.165, 1.54) is 0 Å². The molecule has 0 spiro atoms. The predicted molar refractivity (Wildman–Crippen MR) is 125 cm³/mol. The number of ether oxygens (including phenoxy) is 2. The molecule has 4 nitrogen and oxygen atoms in total. The Hall–Kier alpha value is -3.79. The normalized spacial score (nSPS) is 11.7. The van der Waals surface area contributed by atoms with Crippen molar-refractivity contribution >= 4 is 22.2 Å². The van der Waals surface area contributed by atoms with E-state index in [2.05, 4.69) is 11.4 Å². The lowest BCUT2D eigenvalue weighted by molar-refractivity contribution is 0.0976. The van der Waals surface area contributed by atoms with Crippen LogP contribution in [0.5, 0.6) is 11.5 Å². The summed E-state index contributed by atoms with van der Waals surface area (Å²) in [6.07, 6.45) is 0.330. The van der Waals surface area contributed by atoms with Gasteiger partial charge in [0.1, 0.15) is 11.5 Å². The Morgan fingerprint density at radius 2 is 1.39 bits per heavy atom. The molecule has 0 aliphatic heterocycles. The molecule has 0 aliphatic carbocycles. The van der Waals surface area contributed by atoms with Gasteiger partial charge in [-0.15, -0.1) is 0 Å². The average Bonchev–Trinajstić information content (AvgIpc) is 2.83. The first kappa shape index (κ1) is 20.5. The van der Waals surface area contributed by atoms with Gasteiger partial charge in [0.2, 0.25) is 0 Å². The fourth-order valence-corrected chi connectivity index (χ4v) is 3.64. The van der Waals surface area contributed by atoms with Crippen LogP contribution >= 0.6 is 0 Å². The van der Waals surface area contributed by atoms with E-state index in [0.29, 0.717) is 12.0 Å². The van der Waals surface area contributed by atoms with E-state index in [4.69, 9.17) is 9.47 Å². The van der Waals surface area contributed by atoms with E-state index >= 15 is 0 Å². The fourth-order valence-electron chi connectivity index (χ4n) is 3.64. The summed E-state index contributed by atoms with van der Waals surface area (Å²) in [5.74, 6) is 1.67. The van der Waals surface area contributed by atoms with Crippen LogP contribution in [0.1, 0.15) is 28.4 Å². The zero-order chi connectivity index (χ0) is 21.6. The molecule has 4 aromatic carbocycles. The number of benzene rings is 4. The molecule has 0 radical (unpaired) electrons. The molecule has 4 heteroatoms. The third-order valence-electron chi connectivity index (χ3n) is 5.41. The molecule has 1 atom stereocenters. The smallest absolute Gasteiger partial charge is 0.165 e. The number of carbonyl (C=O) groups excluding carboxylic acids is 1. The van der Waals surface area contributed by atoms with E-state index < -0.39 is 0 Å². The summed E-state index contributed by atoms with van der Waals surface area (Å²) in [4.78, 5) is 13.2. The molecule has 4 aromatic rings. The van der Waals surface area contributed by atoms with Crippen molar-refractivity contribution in [2.45, 2.75) is 12.5 Å². The minimum atomic E-state index is -0.182. The highest BCUT2D eigenvalue weighted by atomic mass is 16.5. The second-order valence-electron chi connectivity index (χ2n) is 7.39. The Kier molecular flexibility index (Phi) is 6.18. The van der Waals surface area contributed by atoms with Crippen molar-refractivity contribution in [1.82, 2.24) is 0 Å². The Morgan fingerprint density at radius 3 is 2.03 bits per heavy atom. The molecule has 156 valence electrons. The summed E-state index contributed by atoms with van der Waals surface area (Å²) in [6, 6.07) is 29.3. The number of Topliss-reactive ketones (excluding diaryl/α,β-unsaturated/α-hetero) is 1. The van der Waals surface area contributed by atoms with Gasteiger partial charge in [-0.3, -0.25) is 4.79 Å². The summed E-state index contributed by atoms with van der Waals surface area (Å²) >= 11 is 0. The van der Waals surface area contributed by atoms with Crippen molar-refractivity contribution in [3.63, 3.8) is 0 Å². The first-order chi connectivity index (χ1) is 15.2. The van der Waals surface area contributed by atoms with Crippen LogP contribution in [0.25, 0.3) is 10.8 Å². The molecule has 0 aliphatic rings. The molecule has 1 N–H and O–H groups in total. The van der Waals surface area contributed by atoms with Crippen molar-refractivity contribution in [1.29, 1.82) is 0 Å². The van der Waals surface area contributed by atoms with Crippen LogP contribution in [-0.4, -0.2) is 20.0 Å². The monoisotopic (exact) mass is 411 g/mol. The summed E-state index contributed by atoms with van der Waals surface area (Å²) < 4.78 is 10.5. The number of carbonyl (C=O) groups is 1. The van der Waals surface area contributed by atoms with Crippen molar-refractivity contribution in [2.24, 2.45) is 0 Å². The van der Waals surface area contributed by atoms with E-state index in [1.807, 2.05) is 84.9 Å². The minimum absolute atomic E-state index is 0.0904. The molecular formula is C27H25NO3. The maximum absolute atomic E-state index is 13.2. The van der Waals surface area contributed by atoms with E-state index in [1.54, 1.807) is 14.2 Å². The van der Waals surface area contributed by atoms with Gasteiger partial charge in [0.15, 0.2) is 5.78 Å². The van der Waals surface area contributed by atoms with Crippen LogP contribution in [0.15, 0.2) is 91.0 Å². The van der Waals surface area contributed by atoms with Gasteiger partial charge in [-0.25, -0.2) is 0 Å². The molecule has 0 saturated heterocycles. The van der Waals surface area contributed by atoms with Crippen LogP contribution in [0.3, 0.4) is 0 Å². The minimum Gasteiger partial charge on any atom is -0.497 e. The highest BCUT2D eigenvalue weighted by Gasteiger charge is 2.18. The zero-order valence-corrected chi connectivity index (χ0v) is 17.7. The first-order valence-corrected chi connectivity index (χ1v) is 10.2. The summed E-state index contributed by atoms with van der Waals surface area (Å²) in [7, 11) is 3.29. The van der Waals surface area contributed by atoms with Gasteiger partial charge >= 0.3 is 0 Å². The second kappa shape index (κ2) is 9.35. The predicted octanol–water partition coefficient (Wildman–Crippen LogP) is 6.28. The average molecular weight is 412 g/mol. The molecule has 0 aromatic heterocycles. The molecule has 0 bridgehead atoms. The Labute approximate surface area is 182 Å². The van der Waals surface area contributed by atoms with Gasteiger partial charge in [0.25, 0.3) is 0 Å². The Balaban J connectivity index is 1.60. The van der Waals surface area contributed by atoms with Gasteiger partial charge in [-0.2, -0.15) is 0 Å². The van der Waals surface area contributed by atoms with Crippen molar-refractivity contribution < 1.29 is 14.3 Å². The number of hydrogen-bond donors (Lipinski definition) is 1. The molecule has 31 heavy (non-hydrogen) atoms. The van der Waals surface area contributed by atoms with Crippen LogP contribution in [0.4, 0.5) is 5.69 Å². The standard InChI is InChI=1S/C27H25NO3/c1-30-24-13-9-20(10-14-24)26(28-23-11-15-25(31-2)16-12-23)18-27(29)22-8-7-19-5-3-4-6-21(19)17-22/h3-17,26,28H,18H2,1-2H3. The lowest BCUT2D eigenvalue weighted by Crippen LogP contribution is -2.16. The molecule has 0 heterocycles. The molecule has 0 fully saturated rings. The van der Waals surface area contributed by atoms with Gasteiger partial charge in [0, 0.05) is 17.7 Å². The number of anilines is 1. The van der Waals surface area contributed by atoms with E-state index in [9.17, 15) is 4.79 Å². The second-order valence-corrected chi connectivity index (χ2v) is 7.39. The highest BCUT2D eigenvalue weighted by Crippen LogP contribution is 2.28. The van der Waals surface area contributed by atoms with Crippen LogP contribution in [-0.2, 0) is 0 Å². The third-order valence-corrected chi connectivity index (χ3v) is 5.41. The maximum atomic E-state index is 13.2. The number of ketones is 1. The van der Waals surface area contributed by atoms with Gasteiger partial charge < -0.3 is 14.8 Å². The summed E-state index contributed by atoms with van der Waals surface area (Å²) in [5.41, 5.74) is 2.66. The van der Waals surface area contributed by atoms with Crippen LogP contribution < -0.4 is 14.8 Å². The van der Waals surface area contributed by atoms with Gasteiger partial charge in [-0.05, 0) is 58.8 Å². The quantitative estimate of drug-likeness (QED) is 0.347. The lowest BCUT2D eigenvalue weighted by Gasteiger charge is -2.21. The van der Waals surface area contributed by atoms with Crippen molar-refractivity contribution in [3.05, 3.63) is 102 Å². The number of methoxy groups -OCH3 is 2. The summed E-state index contributed by atoms with van der Waals surface area (Å²) in [5, 5.41) is 5.70. The van der Waals surface area contributed by atoms with Crippen LogP contribution in [0, 0.1) is 0 Å². The Bertz CT molecular complexity index is 1170. The number of nitrogens with one attached hydrogen (secondary N) is 1. The zero-order valence-electron chi connectivity index (χ0n) is 17.7. The van der Waals surface area contributed by atoms with Gasteiger partial charge in [-0.1, -0.05) is 48.5 Å². The third kappa shape index (κ3) is 4.86. The number of rotatable bonds is 8. The number of hydrogen-bond acceptors (Lipinski definition) is 4. The van der Waals surface area contributed by atoms with Gasteiger partial charge in [0.05, 0.1) is 20.3 Å². The van der Waals surface area contributed by atoms with Crippen molar-refractivity contribution in [3.8, 4) is 11.5 Å². The summed E-state index contributed by atoms with van der Waals surface area (Å²) in [6.45, 7) is 0. The molecule has 4 rings (SSSR count). The largest absolute Gasteiger partial charge is 0.497 e. The maximum Gasteiger partial charge on any atom is 0.165 e. The van der Waals surface area contributed by atoms with E-state index in [0.717, 1.165) is 33.5 Å². The molecule has 1 unspecified atom stereocenters. The lowest BCUT2D eigenvalue weighted by atomic mass is 9.96. The Morgan fingerprint density at radius 1 is 0.774 bits per heavy atom. The molecule has 0 amide bonds. The van der Waals surface area contributed by atoms with Crippen LogP contribution in [0.2, 0.25) is 0 Å². The molecular weight excluding hydrogens is 386 g/mol. The topological polar surface area (TPSA) is 47.6 Å².